The fourth-order valence-electron chi connectivity index (χ4n) is 3.33. The van der Waals surface area contributed by atoms with Crippen LogP contribution in [0.5, 0.6) is 11.5 Å². The molecule has 1 aliphatic heterocycles. The minimum atomic E-state index is -0.260. The van der Waals surface area contributed by atoms with E-state index in [4.69, 9.17) is 9.47 Å². The summed E-state index contributed by atoms with van der Waals surface area (Å²) in [5, 5.41) is 3.07. The zero-order valence-corrected chi connectivity index (χ0v) is 16.1. The number of nitrogens with one attached hydrogen (secondary N) is 1. The first-order valence-corrected chi connectivity index (χ1v) is 9.53. The van der Waals surface area contributed by atoms with Crippen LogP contribution < -0.4 is 14.8 Å². The largest absolute Gasteiger partial charge is 0.486 e. The second kappa shape index (κ2) is 9.42. The lowest BCUT2D eigenvalue weighted by Gasteiger charge is -2.23. The Morgan fingerprint density at radius 3 is 2.52 bits per heavy atom. The second-order valence-electron chi connectivity index (χ2n) is 7.00. The molecule has 0 fully saturated rings. The molecule has 0 bridgehead atoms. The highest BCUT2D eigenvalue weighted by atomic mass is 16.6. The molecule has 1 unspecified atom stereocenters. The van der Waals surface area contributed by atoms with Crippen molar-refractivity contribution >= 4 is 5.91 Å². The molecule has 1 atom stereocenters. The van der Waals surface area contributed by atoms with Crippen LogP contribution in [0.15, 0.2) is 48.5 Å². The normalized spacial score (nSPS) is 14.0. The van der Waals surface area contributed by atoms with Gasteiger partial charge in [-0.15, -0.1) is 0 Å². The summed E-state index contributed by atoms with van der Waals surface area (Å²) in [7, 11) is 3.86. The number of fused-ring (bicyclic) bond motifs is 1. The van der Waals surface area contributed by atoms with E-state index >= 15 is 0 Å². The van der Waals surface area contributed by atoms with Crippen molar-refractivity contribution in [3.63, 3.8) is 0 Å². The van der Waals surface area contributed by atoms with Gasteiger partial charge in [0.25, 0.3) is 0 Å². The van der Waals surface area contributed by atoms with Crippen molar-refractivity contribution in [1.29, 1.82) is 0 Å². The number of ether oxygens (including phenoxy) is 2. The minimum Gasteiger partial charge on any atom is -0.486 e. The third-order valence-corrected chi connectivity index (χ3v) is 4.68. The molecule has 1 N–H and O–H groups in total. The van der Waals surface area contributed by atoms with Crippen LogP contribution in [-0.2, 0) is 11.2 Å². The SMILES string of the molecule is CN(C)C(C(=O)NCCCCc1ccc2c(c1)OCCO2)c1ccccc1. The van der Waals surface area contributed by atoms with Crippen LogP contribution >= 0.6 is 0 Å². The first-order chi connectivity index (χ1) is 13.1. The average molecular weight is 368 g/mol. The van der Waals surface area contributed by atoms with Crippen molar-refractivity contribution in [3.8, 4) is 11.5 Å². The number of likely N-dealkylation sites (N-methyl/N-ethyl adjacent to an activating group) is 1. The van der Waals surface area contributed by atoms with Gasteiger partial charge >= 0.3 is 0 Å². The molecule has 3 rings (SSSR count). The molecule has 2 aromatic rings. The molecule has 1 aliphatic rings. The Hall–Kier alpha value is -2.53. The molecule has 0 saturated carbocycles. The molecule has 2 aromatic carbocycles. The molecular weight excluding hydrogens is 340 g/mol. The number of hydrogen-bond acceptors (Lipinski definition) is 4. The van der Waals surface area contributed by atoms with Crippen molar-refractivity contribution in [2.24, 2.45) is 0 Å². The van der Waals surface area contributed by atoms with Crippen LogP contribution in [-0.4, -0.2) is 44.7 Å². The van der Waals surface area contributed by atoms with Gasteiger partial charge in [0.1, 0.15) is 19.3 Å². The molecule has 27 heavy (non-hydrogen) atoms. The van der Waals surface area contributed by atoms with E-state index in [2.05, 4.69) is 17.4 Å². The maximum absolute atomic E-state index is 12.6. The molecule has 0 saturated heterocycles. The summed E-state index contributed by atoms with van der Waals surface area (Å²) in [5.41, 5.74) is 2.25. The highest BCUT2D eigenvalue weighted by Gasteiger charge is 2.22. The molecule has 1 heterocycles. The summed E-state index contributed by atoms with van der Waals surface area (Å²) >= 11 is 0. The van der Waals surface area contributed by atoms with E-state index in [1.807, 2.05) is 55.4 Å². The lowest BCUT2D eigenvalue weighted by atomic mass is 10.0. The van der Waals surface area contributed by atoms with Crippen molar-refractivity contribution in [3.05, 3.63) is 59.7 Å². The van der Waals surface area contributed by atoms with Crippen LogP contribution in [0.4, 0.5) is 0 Å². The van der Waals surface area contributed by atoms with Crippen molar-refractivity contribution in [1.82, 2.24) is 10.2 Å². The quantitative estimate of drug-likeness (QED) is 0.727. The van der Waals surface area contributed by atoms with E-state index in [9.17, 15) is 4.79 Å². The van der Waals surface area contributed by atoms with Crippen LogP contribution in [0, 0.1) is 0 Å². The zero-order valence-electron chi connectivity index (χ0n) is 16.1. The summed E-state index contributed by atoms with van der Waals surface area (Å²) in [4.78, 5) is 14.5. The molecule has 0 aliphatic carbocycles. The lowest BCUT2D eigenvalue weighted by molar-refractivity contribution is -0.125. The van der Waals surface area contributed by atoms with Gasteiger partial charge < -0.3 is 14.8 Å². The molecular formula is C22H28N2O3. The minimum absolute atomic E-state index is 0.0468. The van der Waals surface area contributed by atoms with E-state index < -0.39 is 0 Å². The fraction of sp³-hybridized carbons (Fsp3) is 0.409. The summed E-state index contributed by atoms with van der Waals surface area (Å²) < 4.78 is 11.2. The molecule has 1 amide bonds. The Morgan fingerprint density at radius 1 is 1.04 bits per heavy atom. The Labute approximate surface area is 161 Å². The van der Waals surface area contributed by atoms with Crippen molar-refractivity contribution in [2.75, 3.05) is 33.9 Å². The third-order valence-electron chi connectivity index (χ3n) is 4.68. The smallest absolute Gasteiger partial charge is 0.241 e. The summed E-state index contributed by atoms with van der Waals surface area (Å²) in [5.74, 6) is 1.71. The van der Waals surface area contributed by atoms with Crippen molar-refractivity contribution < 1.29 is 14.3 Å². The number of aryl methyl sites for hydroxylation is 1. The highest BCUT2D eigenvalue weighted by Crippen LogP contribution is 2.31. The predicted molar refractivity (Wildman–Crippen MR) is 106 cm³/mol. The topological polar surface area (TPSA) is 50.8 Å². The Kier molecular flexibility index (Phi) is 6.71. The monoisotopic (exact) mass is 368 g/mol. The standard InChI is InChI=1S/C22H28N2O3/c1-24(2)21(18-9-4-3-5-10-18)22(25)23-13-7-6-8-17-11-12-19-20(16-17)27-15-14-26-19/h3-5,9-12,16,21H,6-8,13-15H2,1-2H3,(H,23,25). The molecule has 5 nitrogen and oxygen atoms in total. The van der Waals surface area contributed by atoms with Gasteiger partial charge in [0, 0.05) is 6.54 Å². The number of carbonyl (C=O) groups is 1. The van der Waals surface area contributed by atoms with E-state index in [0.717, 1.165) is 36.3 Å². The zero-order chi connectivity index (χ0) is 19.1. The Morgan fingerprint density at radius 2 is 1.78 bits per heavy atom. The third kappa shape index (κ3) is 5.23. The first kappa shape index (κ1) is 19.2. The van der Waals surface area contributed by atoms with Crippen LogP contribution in [0.3, 0.4) is 0 Å². The Balaban J connectivity index is 1.43. The van der Waals surface area contributed by atoms with Gasteiger partial charge in [-0.1, -0.05) is 36.4 Å². The lowest BCUT2D eigenvalue weighted by Crippen LogP contribution is -2.37. The van der Waals surface area contributed by atoms with Gasteiger partial charge in [0.2, 0.25) is 5.91 Å². The van der Waals surface area contributed by atoms with E-state index in [1.165, 1.54) is 5.56 Å². The number of nitrogens with zero attached hydrogens (tertiary/aromatic N) is 1. The summed E-state index contributed by atoms with van der Waals surface area (Å²) in [6.45, 7) is 1.90. The van der Waals surface area contributed by atoms with Crippen LogP contribution in [0.1, 0.15) is 30.0 Å². The number of unbranched alkanes of at least 4 members (excludes halogenated alkanes) is 1. The van der Waals surface area contributed by atoms with E-state index in [-0.39, 0.29) is 11.9 Å². The predicted octanol–water partition coefficient (Wildman–Crippen LogP) is 3.20. The molecule has 5 heteroatoms. The molecule has 0 spiro atoms. The average Bonchev–Trinajstić information content (AvgIpc) is 2.68. The maximum Gasteiger partial charge on any atom is 0.241 e. The van der Waals surface area contributed by atoms with E-state index in [1.54, 1.807) is 0 Å². The number of benzene rings is 2. The van der Waals surface area contributed by atoms with Gasteiger partial charge in [-0.05, 0) is 56.6 Å². The van der Waals surface area contributed by atoms with Gasteiger partial charge in [-0.3, -0.25) is 9.69 Å². The second-order valence-corrected chi connectivity index (χ2v) is 7.00. The van der Waals surface area contributed by atoms with Gasteiger partial charge in [-0.25, -0.2) is 0 Å². The molecule has 0 aromatic heterocycles. The highest BCUT2D eigenvalue weighted by molar-refractivity contribution is 5.83. The Bertz CT molecular complexity index is 746. The summed E-state index contributed by atoms with van der Waals surface area (Å²) in [6.07, 6.45) is 2.91. The molecule has 0 radical (unpaired) electrons. The van der Waals surface area contributed by atoms with E-state index in [0.29, 0.717) is 19.8 Å². The number of rotatable bonds is 8. The van der Waals surface area contributed by atoms with Gasteiger partial charge in [-0.2, -0.15) is 0 Å². The number of carbonyl (C=O) groups excluding carboxylic acids is 1. The van der Waals surface area contributed by atoms with Crippen molar-refractivity contribution in [2.45, 2.75) is 25.3 Å². The number of hydrogen-bond donors (Lipinski definition) is 1. The molecule has 144 valence electrons. The van der Waals surface area contributed by atoms with Crippen LogP contribution in [0.2, 0.25) is 0 Å². The summed E-state index contributed by atoms with van der Waals surface area (Å²) in [6, 6.07) is 15.7. The fourth-order valence-corrected chi connectivity index (χ4v) is 3.33. The maximum atomic E-state index is 12.6. The number of amides is 1. The van der Waals surface area contributed by atoms with Gasteiger partial charge in [0.15, 0.2) is 11.5 Å². The van der Waals surface area contributed by atoms with Gasteiger partial charge in [0.05, 0.1) is 0 Å². The van der Waals surface area contributed by atoms with Crippen LogP contribution in [0.25, 0.3) is 0 Å². The first-order valence-electron chi connectivity index (χ1n) is 9.53.